The molecule has 0 aromatic heterocycles. The molecule has 0 N–H and O–H groups in total. The van der Waals surface area contributed by atoms with E-state index in [1.54, 1.807) is 6.92 Å². The first-order valence-electron chi connectivity index (χ1n) is 6.48. The molecule has 0 heterocycles. The second kappa shape index (κ2) is 7.52. The third kappa shape index (κ3) is 7.19. The number of halogens is 1. The number of allylic oxidation sites excluding steroid dienone is 3. The fraction of sp³-hybridized carbons (Fsp3) is 0.733. The Kier molecular flexibility index (Phi) is 7.17. The van der Waals surface area contributed by atoms with Crippen LogP contribution in [0.25, 0.3) is 0 Å². The first-order valence-corrected chi connectivity index (χ1v) is 6.48. The van der Waals surface area contributed by atoms with Crippen LogP contribution >= 0.6 is 0 Å². The molecule has 17 heavy (non-hydrogen) atoms. The molecule has 0 aromatic rings. The highest BCUT2D eigenvalue weighted by atomic mass is 19.1. The van der Waals surface area contributed by atoms with E-state index in [1.807, 2.05) is 26.0 Å². The predicted molar refractivity (Wildman–Crippen MR) is 72.7 cm³/mol. The van der Waals surface area contributed by atoms with E-state index in [-0.39, 0.29) is 6.61 Å². The molecule has 1 nitrogen and oxygen atoms in total. The summed E-state index contributed by atoms with van der Waals surface area (Å²) in [7, 11) is 0. The van der Waals surface area contributed by atoms with Gasteiger partial charge in [0.2, 0.25) is 0 Å². The van der Waals surface area contributed by atoms with Crippen LogP contribution in [-0.2, 0) is 4.74 Å². The van der Waals surface area contributed by atoms with Crippen LogP contribution in [0, 0.1) is 11.8 Å². The normalized spacial score (nSPS) is 18.5. The van der Waals surface area contributed by atoms with Gasteiger partial charge in [-0.3, -0.25) is 0 Å². The maximum absolute atomic E-state index is 13.7. The zero-order valence-electron chi connectivity index (χ0n) is 12.1. The van der Waals surface area contributed by atoms with Crippen molar-refractivity contribution < 1.29 is 9.13 Å². The van der Waals surface area contributed by atoms with Crippen molar-refractivity contribution in [2.24, 2.45) is 11.8 Å². The lowest BCUT2D eigenvalue weighted by atomic mass is 9.98. The van der Waals surface area contributed by atoms with E-state index in [0.717, 1.165) is 5.76 Å². The second-order valence-corrected chi connectivity index (χ2v) is 5.21. The van der Waals surface area contributed by atoms with E-state index in [9.17, 15) is 4.39 Å². The number of rotatable bonds is 7. The molecule has 0 saturated carbocycles. The van der Waals surface area contributed by atoms with Gasteiger partial charge in [0.15, 0.2) is 0 Å². The molecule has 0 radical (unpaired) electrons. The standard InChI is InChI=1S/C15H27FO/c1-7-14(10-9-13(5)12(3)4)17-11-15(6,16)8-2/h7,9-10,12-13H,8,11H2,1-6H3/b10-9-,14-7+/t13?,15-/m1/s1. The van der Waals surface area contributed by atoms with Gasteiger partial charge in [-0.1, -0.05) is 33.8 Å². The Hall–Kier alpha value is -0.790. The summed E-state index contributed by atoms with van der Waals surface area (Å²) in [6, 6.07) is 0. The Labute approximate surface area is 106 Å². The third-order valence-corrected chi connectivity index (χ3v) is 3.18. The maximum atomic E-state index is 13.7. The lowest BCUT2D eigenvalue weighted by Crippen LogP contribution is -2.23. The van der Waals surface area contributed by atoms with Crippen LogP contribution in [0.2, 0.25) is 0 Å². The molecular weight excluding hydrogens is 215 g/mol. The Morgan fingerprint density at radius 2 is 1.94 bits per heavy atom. The van der Waals surface area contributed by atoms with Crippen LogP contribution in [-0.4, -0.2) is 12.3 Å². The van der Waals surface area contributed by atoms with Crippen LogP contribution in [0.15, 0.2) is 24.0 Å². The van der Waals surface area contributed by atoms with E-state index in [2.05, 4.69) is 26.8 Å². The largest absolute Gasteiger partial charge is 0.491 e. The summed E-state index contributed by atoms with van der Waals surface area (Å²) in [4.78, 5) is 0. The first kappa shape index (κ1) is 16.2. The molecule has 0 rings (SSSR count). The minimum absolute atomic E-state index is 0.115. The van der Waals surface area contributed by atoms with Crippen LogP contribution in [0.1, 0.15) is 48.0 Å². The van der Waals surface area contributed by atoms with Gasteiger partial charge in [0.25, 0.3) is 0 Å². The molecule has 0 aliphatic heterocycles. The SMILES string of the molecule is C/C=C(\C=C/C(C)C(C)C)OC[C@](C)(F)CC. The van der Waals surface area contributed by atoms with Crippen LogP contribution < -0.4 is 0 Å². The van der Waals surface area contributed by atoms with Crippen molar-refractivity contribution in [1.82, 2.24) is 0 Å². The fourth-order valence-corrected chi connectivity index (χ4v) is 1.03. The highest BCUT2D eigenvalue weighted by molar-refractivity contribution is 5.12. The molecule has 0 bridgehead atoms. The van der Waals surface area contributed by atoms with Crippen LogP contribution in [0.3, 0.4) is 0 Å². The van der Waals surface area contributed by atoms with Gasteiger partial charge in [-0.05, 0) is 44.3 Å². The van der Waals surface area contributed by atoms with Gasteiger partial charge in [0, 0.05) is 0 Å². The molecule has 2 atom stereocenters. The zero-order valence-corrected chi connectivity index (χ0v) is 12.1. The van der Waals surface area contributed by atoms with Crippen molar-refractivity contribution in [3.8, 4) is 0 Å². The van der Waals surface area contributed by atoms with Crippen LogP contribution in [0.5, 0.6) is 0 Å². The summed E-state index contributed by atoms with van der Waals surface area (Å²) < 4.78 is 19.1. The van der Waals surface area contributed by atoms with Gasteiger partial charge in [-0.2, -0.15) is 0 Å². The lowest BCUT2D eigenvalue weighted by Gasteiger charge is -2.19. The number of hydrogen-bond acceptors (Lipinski definition) is 1. The average Bonchev–Trinajstić information content (AvgIpc) is 2.28. The third-order valence-electron chi connectivity index (χ3n) is 3.18. The second-order valence-electron chi connectivity index (χ2n) is 5.21. The topological polar surface area (TPSA) is 9.23 Å². The molecule has 0 spiro atoms. The van der Waals surface area contributed by atoms with Gasteiger partial charge < -0.3 is 4.74 Å². The van der Waals surface area contributed by atoms with Gasteiger partial charge in [0.05, 0.1) is 0 Å². The van der Waals surface area contributed by atoms with Gasteiger partial charge in [-0.25, -0.2) is 4.39 Å². The Morgan fingerprint density at radius 1 is 1.35 bits per heavy atom. The highest BCUT2D eigenvalue weighted by Gasteiger charge is 2.21. The van der Waals surface area contributed by atoms with Crippen molar-refractivity contribution in [3.63, 3.8) is 0 Å². The molecular formula is C15H27FO. The van der Waals surface area contributed by atoms with E-state index in [4.69, 9.17) is 4.74 Å². The molecule has 0 aromatic carbocycles. The molecule has 0 fully saturated rings. The first-order chi connectivity index (χ1) is 7.82. The smallest absolute Gasteiger partial charge is 0.141 e. The molecule has 0 saturated heterocycles. The fourth-order valence-electron chi connectivity index (χ4n) is 1.03. The van der Waals surface area contributed by atoms with E-state index < -0.39 is 5.67 Å². The molecule has 100 valence electrons. The van der Waals surface area contributed by atoms with Gasteiger partial charge in [0.1, 0.15) is 18.0 Å². The minimum atomic E-state index is -1.24. The van der Waals surface area contributed by atoms with E-state index in [0.29, 0.717) is 18.3 Å². The summed E-state index contributed by atoms with van der Waals surface area (Å²) in [5.41, 5.74) is -1.24. The molecule has 0 aliphatic rings. The quantitative estimate of drug-likeness (QED) is 0.456. The van der Waals surface area contributed by atoms with E-state index in [1.165, 1.54) is 0 Å². The summed E-state index contributed by atoms with van der Waals surface area (Å²) in [6.45, 7) is 11.9. The summed E-state index contributed by atoms with van der Waals surface area (Å²) >= 11 is 0. The summed E-state index contributed by atoms with van der Waals surface area (Å²) in [5, 5.41) is 0. The van der Waals surface area contributed by atoms with Gasteiger partial charge in [-0.15, -0.1) is 0 Å². The van der Waals surface area contributed by atoms with Crippen molar-refractivity contribution in [1.29, 1.82) is 0 Å². The summed E-state index contributed by atoms with van der Waals surface area (Å²) in [6.07, 6.45) is 6.39. The summed E-state index contributed by atoms with van der Waals surface area (Å²) in [5.74, 6) is 1.85. The number of alkyl halides is 1. The molecule has 1 unspecified atom stereocenters. The van der Waals surface area contributed by atoms with Crippen molar-refractivity contribution in [2.75, 3.05) is 6.61 Å². The lowest BCUT2D eigenvalue weighted by molar-refractivity contribution is 0.0634. The number of ether oxygens (including phenoxy) is 1. The highest BCUT2D eigenvalue weighted by Crippen LogP contribution is 2.18. The molecule has 0 aliphatic carbocycles. The average molecular weight is 242 g/mol. The number of hydrogen-bond donors (Lipinski definition) is 0. The monoisotopic (exact) mass is 242 g/mol. The minimum Gasteiger partial charge on any atom is -0.491 e. The predicted octanol–water partition coefficient (Wildman–Crippen LogP) is 4.89. The Bertz CT molecular complexity index is 264. The molecule has 0 amide bonds. The van der Waals surface area contributed by atoms with Crippen molar-refractivity contribution in [3.05, 3.63) is 24.0 Å². The van der Waals surface area contributed by atoms with Crippen molar-refractivity contribution in [2.45, 2.75) is 53.6 Å². The Balaban J connectivity index is 4.29. The maximum Gasteiger partial charge on any atom is 0.141 e. The van der Waals surface area contributed by atoms with E-state index >= 15 is 0 Å². The van der Waals surface area contributed by atoms with Gasteiger partial charge >= 0.3 is 0 Å². The zero-order chi connectivity index (χ0) is 13.5. The molecule has 2 heteroatoms. The van der Waals surface area contributed by atoms with Crippen molar-refractivity contribution >= 4 is 0 Å². The van der Waals surface area contributed by atoms with Crippen LogP contribution in [0.4, 0.5) is 4.39 Å². The Morgan fingerprint density at radius 3 is 2.35 bits per heavy atom.